The number of carbonyl (C=O) groups excluding carboxylic acids is 3. The number of nitrogens with two attached hydrogens (primary N) is 1. The molecule has 0 spiro atoms. The van der Waals surface area contributed by atoms with Crippen LogP contribution in [0.5, 0.6) is 0 Å². The molecule has 3 amide bonds. The Hall–Kier alpha value is -3.10. The van der Waals surface area contributed by atoms with E-state index in [2.05, 4.69) is 16.0 Å². The number of carboxylic acids is 1. The van der Waals surface area contributed by atoms with Crippen LogP contribution in [0, 0.1) is 11.8 Å². The van der Waals surface area contributed by atoms with E-state index < -0.39 is 72.6 Å². The van der Waals surface area contributed by atoms with Gasteiger partial charge in [0.1, 0.15) is 18.2 Å². The van der Waals surface area contributed by atoms with Gasteiger partial charge in [0, 0.05) is 6.61 Å². The molecule has 0 aromatic heterocycles. The molecule has 0 saturated carbocycles. The van der Waals surface area contributed by atoms with E-state index in [1.54, 1.807) is 51.1 Å². The van der Waals surface area contributed by atoms with Crippen molar-refractivity contribution in [1.82, 2.24) is 16.0 Å². The average Bonchev–Trinajstić information content (AvgIpc) is 2.92. The van der Waals surface area contributed by atoms with Gasteiger partial charge >= 0.3 is 5.97 Å². The van der Waals surface area contributed by atoms with E-state index in [0.29, 0.717) is 5.56 Å². The molecule has 13 nitrogen and oxygen atoms in total. The standard InChI is InChI=1S/C28H46N4O9/c1-6-41-14-20(32-26(38)19(12-15(2)3)31-27(39)22(29)16(4)5)23(35)24(36)25(37)28(40)30-18(13-21(33)34)17-10-8-7-9-11-17/h7-11,15-16,18-20,22-25,35-37H,6,12-14,29H2,1-5H3,(H,30,40)(H,31,39)(H,32,38)(H,33,34). The molecule has 1 aromatic rings. The molecule has 41 heavy (non-hydrogen) atoms. The number of aliphatic hydroxyl groups excluding tert-OH is 3. The Morgan fingerprint density at radius 1 is 0.878 bits per heavy atom. The van der Waals surface area contributed by atoms with Gasteiger partial charge in [-0.2, -0.15) is 0 Å². The number of benzene rings is 1. The summed E-state index contributed by atoms with van der Waals surface area (Å²) in [5.41, 5.74) is 6.38. The van der Waals surface area contributed by atoms with Crippen LogP contribution in [0.25, 0.3) is 0 Å². The van der Waals surface area contributed by atoms with E-state index in [4.69, 9.17) is 10.5 Å². The van der Waals surface area contributed by atoms with E-state index in [1.807, 2.05) is 13.8 Å². The van der Waals surface area contributed by atoms with Gasteiger partial charge in [-0.25, -0.2) is 0 Å². The third-order valence-electron chi connectivity index (χ3n) is 6.44. The fourth-order valence-electron chi connectivity index (χ4n) is 3.98. The van der Waals surface area contributed by atoms with Crippen LogP contribution >= 0.6 is 0 Å². The largest absolute Gasteiger partial charge is 0.481 e. The number of carbonyl (C=O) groups is 4. The van der Waals surface area contributed by atoms with Crippen molar-refractivity contribution in [1.29, 1.82) is 0 Å². The predicted molar refractivity (Wildman–Crippen MR) is 150 cm³/mol. The third kappa shape index (κ3) is 12.1. The minimum atomic E-state index is -2.18. The Kier molecular flexibility index (Phi) is 15.5. The summed E-state index contributed by atoms with van der Waals surface area (Å²) in [4.78, 5) is 49.9. The molecule has 0 heterocycles. The highest BCUT2D eigenvalue weighted by Crippen LogP contribution is 2.18. The molecular weight excluding hydrogens is 536 g/mol. The zero-order valence-electron chi connectivity index (χ0n) is 24.3. The van der Waals surface area contributed by atoms with Crippen LogP contribution in [0.15, 0.2) is 30.3 Å². The molecule has 9 N–H and O–H groups in total. The van der Waals surface area contributed by atoms with E-state index in [1.165, 1.54) is 0 Å². The molecule has 7 atom stereocenters. The molecule has 232 valence electrons. The second-order valence-electron chi connectivity index (χ2n) is 10.7. The van der Waals surface area contributed by atoms with Gasteiger partial charge in [-0.05, 0) is 30.7 Å². The number of aliphatic carboxylic acids is 1. The number of rotatable bonds is 18. The van der Waals surface area contributed by atoms with Crippen LogP contribution in [-0.4, -0.2) is 93.8 Å². The second-order valence-corrected chi connectivity index (χ2v) is 10.7. The highest BCUT2D eigenvalue weighted by molar-refractivity contribution is 5.90. The lowest BCUT2D eigenvalue weighted by molar-refractivity contribution is -0.145. The average molecular weight is 583 g/mol. The lowest BCUT2D eigenvalue weighted by atomic mass is 9.97. The predicted octanol–water partition coefficient (Wildman–Crippen LogP) is -0.563. The molecule has 1 aromatic carbocycles. The van der Waals surface area contributed by atoms with E-state index in [9.17, 15) is 39.6 Å². The van der Waals surface area contributed by atoms with Gasteiger partial charge in [-0.3, -0.25) is 19.2 Å². The van der Waals surface area contributed by atoms with Crippen LogP contribution in [-0.2, 0) is 23.9 Å². The molecule has 0 radical (unpaired) electrons. The summed E-state index contributed by atoms with van der Waals surface area (Å²) in [5.74, 6) is -3.71. The molecular formula is C28H46N4O9. The molecule has 0 aliphatic rings. The number of hydrogen-bond acceptors (Lipinski definition) is 9. The van der Waals surface area contributed by atoms with E-state index in [-0.39, 0.29) is 31.5 Å². The first-order chi connectivity index (χ1) is 19.2. The zero-order chi connectivity index (χ0) is 31.3. The molecule has 0 bridgehead atoms. The van der Waals surface area contributed by atoms with Crippen molar-refractivity contribution in [3.8, 4) is 0 Å². The lowest BCUT2D eigenvalue weighted by Crippen LogP contribution is -2.60. The Labute approximate surface area is 240 Å². The number of hydrogen-bond donors (Lipinski definition) is 8. The maximum atomic E-state index is 13.2. The van der Waals surface area contributed by atoms with Crippen LogP contribution in [0.2, 0.25) is 0 Å². The van der Waals surface area contributed by atoms with Crippen molar-refractivity contribution in [2.75, 3.05) is 13.2 Å². The highest BCUT2D eigenvalue weighted by Gasteiger charge is 2.38. The molecule has 13 heteroatoms. The van der Waals surface area contributed by atoms with Crippen molar-refractivity contribution in [3.05, 3.63) is 35.9 Å². The number of carboxylic acid groups (broad SMARTS) is 1. The minimum absolute atomic E-state index is 0.00365. The van der Waals surface area contributed by atoms with Crippen LogP contribution in [0.1, 0.15) is 59.1 Å². The highest BCUT2D eigenvalue weighted by atomic mass is 16.5. The quantitative estimate of drug-likeness (QED) is 0.110. The maximum Gasteiger partial charge on any atom is 0.305 e. The third-order valence-corrected chi connectivity index (χ3v) is 6.44. The van der Waals surface area contributed by atoms with Crippen molar-refractivity contribution >= 4 is 23.7 Å². The van der Waals surface area contributed by atoms with Gasteiger partial charge < -0.3 is 46.8 Å². The van der Waals surface area contributed by atoms with Gasteiger partial charge in [0.15, 0.2) is 6.10 Å². The molecule has 0 aliphatic carbocycles. The van der Waals surface area contributed by atoms with Crippen molar-refractivity contribution < 1.29 is 44.3 Å². The maximum absolute atomic E-state index is 13.2. The first-order valence-corrected chi connectivity index (χ1v) is 13.7. The summed E-state index contributed by atoms with van der Waals surface area (Å²) in [6.07, 6.45) is -6.39. The molecule has 1 rings (SSSR count). The van der Waals surface area contributed by atoms with Gasteiger partial charge in [0.2, 0.25) is 11.8 Å². The molecule has 0 fully saturated rings. The van der Waals surface area contributed by atoms with Gasteiger partial charge in [-0.1, -0.05) is 58.0 Å². The summed E-state index contributed by atoms with van der Waals surface area (Å²) >= 11 is 0. The number of ether oxygens (including phenoxy) is 1. The van der Waals surface area contributed by atoms with E-state index >= 15 is 0 Å². The number of nitrogens with one attached hydrogen (secondary N) is 3. The van der Waals surface area contributed by atoms with Crippen molar-refractivity contribution in [2.24, 2.45) is 17.6 Å². The first-order valence-electron chi connectivity index (χ1n) is 13.7. The van der Waals surface area contributed by atoms with Crippen molar-refractivity contribution in [3.63, 3.8) is 0 Å². The van der Waals surface area contributed by atoms with Crippen LogP contribution in [0.4, 0.5) is 0 Å². The number of aliphatic hydroxyl groups is 3. The summed E-state index contributed by atoms with van der Waals surface area (Å²) < 4.78 is 5.35. The van der Waals surface area contributed by atoms with Crippen LogP contribution < -0.4 is 21.7 Å². The monoisotopic (exact) mass is 582 g/mol. The fraction of sp³-hybridized carbons (Fsp3) is 0.643. The van der Waals surface area contributed by atoms with Crippen LogP contribution in [0.3, 0.4) is 0 Å². The summed E-state index contributed by atoms with van der Waals surface area (Å²) in [6.45, 7) is 8.83. The fourth-order valence-corrected chi connectivity index (χ4v) is 3.98. The minimum Gasteiger partial charge on any atom is -0.481 e. The summed E-state index contributed by atoms with van der Waals surface area (Å²) in [5, 5.41) is 49.0. The Bertz CT molecular complexity index is 977. The Balaban J connectivity index is 3.06. The SMILES string of the molecule is CCOCC(NC(=O)C(CC(C)C)NC(=O)C(N)C(C)C)C(O)C(O)C(O)C(=O)NC(CC(=O)O)c1ccccc1. The lowest BCUT2D eigenvalue weighted by Gasteiger charge is -2.32. The van der Waals surface area contributed by atoms with Gasteiger partial charge in [0.25, 0.3) is 5.91 Å². The molecule has 0 saturated heterocycles. The smallest absolute Gasteiger partial charge is 0.305 e. The Morgan fingerprint density at radius 3 is 2.00 bits per heavy atom. The second kappa shape index (κ2) is 17.7. The molecule has 0 aliphatic heterocycles. The van der Waals surface area contributed by atoms with Gasteiger partial charge in [0.05, 0.1) is 31.2 Å². The van der Waals surface area contributed by atoms with Crippen molar-refractivity contribution in [2.45, 2.75) is 89.9 Å². The van der Waals surface area contributed by atoms with E-state index in [0.717, 1.165) is 0 Å². The molecule has 7 unspecified atom stereocenters. The van der Waals surface area contributed by atoms with Gasteiger partial charge in [-0.15, -0.1) is 0 Å². The number of amides is 3. The topological polar surface area (TPSA) is 221 Å². The zero-order valence-corrected chi connectivity index (χ0v) is 24.3. The normalized spacial score (nSPS) is 16.7. The Morgan fingerprint density at radius 2 is 1.49 bits per heavy atom. The first kappa shape index (κ1) is 35.9. The summed E-state index contributed by atoms with van der Waals surface area (Å²) in [6, 6.07) is 4.04. The summed E-state index contributed by atoms with van der Waals surface area (Å²) in [7, 11) is 0.